The normalized spacial score (nSPS) is 18.0. The van der Waals surface area contributed by atoms with E-state index in [1.54, 1.807) is 28.8 Å². The fraction of sp³-hybridized carbons (Fsp3) is 0.217. The van der Waals surface area contributed by atoms with Crippen LogP contribution in [0.15, 0.2) is 54.9 Å². The van der Waals surface area contributed by atoms with E-state index in [9.17, 15) is 9.90 Å². The number of methoxy groups -OCH3 is 1. The number of fused-ring (bicyclic) bond motifs is 1. The minimum Gasteiger partial charge on any atom is -0.496 e. The van der Waals surface area contributed by atoms with Crippen LogP contribution in [-0.4, -0.2) is 43.7 Å². The first-order valence-corrected chi connectivity index (χ1v) is 10.0. The molecule has 0 aliphatic heterocycles. The lowest BCUT2D eigenvalue weighted by atomic mass is 9.82. The predicted octanol–water partition coefficient (Wildman–Crippen LogP) is 2.85. The van der Waals surface area contributed by atoms with Crippen molar-refractivity contribution >= 4 is 17.1 Å². The number of ether oxygens (including phenoxy) is 1. The Bertz CT molecular complexity index is 1280. The van der Waals surface area contributed by atoms with Gasteiger partial charge < -0.3 is 15.6 Å². The first-order valence-electron chi connectivity index (χ1n) is 10.0. The molecule has 1 aliphatic carbocycles. The van der Waals surface area contributed by atoms with E-state index in [4.69, 9.17) is 15.5 Å². The molecule has 0 amide bonds. The number of imidazole rings is 1. The number of carbonyl (C=O) groups excluding carboxylic acids is 1. The SMILES string of the molecule is COc1cc(-c2nc([C@H]3C[C@@H](O)C3)n3ncnc(N)c23)ccc1C(=O)c1ccccc1. The number of hydrogen-bond donors (Lipinski definition) is 2. The second kappa shape index (κ2) is 7.48. The number of aliphatic hydroxyl groups is 1. The van der Waals surface area contributed by atoms with Gasteiger partial charge in [-0.3, -0.25) is 4.79 Å². The van der Waals surface area contributed by atoms with Crippen molar-refractivity contribution < 1.29 is 14.6 Å². The van der Waals surface area contributed by atoms with E-state index in [0.717, 1.165) is 11.4 Å². The van der Waals surface area contributed by atoms with Crippen LogP contribution in [-0.2, 0) is 0 Å². The zero-order valence-corrected chi connectivity index (χ0v) is 16.9. The van der Waals surface area contributed by atoms with E-state index in [1.807, 2.05) is 24.3 Å². The third-order valence-corrected chi connectivity index (χ3v) is 5.72. The van der Waals surface area contributed by atoms with E-state index >= 15 is 0 Å². The third-order valence-electron chi connectivity index (χ3n) is 5.72. The molecule has 8 heteroatoms. The Balaban J connectivity index is 1.62. The van der Waals surface area contributed by atoms with Crippen molar-refractivity contribution in [3.8, 4) is 17.0 Å². The van der Waals surface area contributed by atoms with Crippen molar-refractivity contribution in [2.24, 2.45) is 0 Å². The number of anilines is 1. The topological polar surface area (TPSA) is 116 Å². The van der Waals surface area contributed by atoms with Crippen LogP contribution in [0.1, 0.15) is 40.5 Å². The number of hydrogen-bond acceptors (Lipinski definition) is 7. The number of benzene rings is 2. The molecule has 0 saturated heterocycles. The Labute approximate surface area is 178 Å². The second-order valence-corrected chi connectivity index (χ2v) is 7.66. The van der Waals surface area contributed by atoms with Gasteiger partial charge in [0.2, 0.25) is 0 Å². The summed E-state index contributed by atoms with van der Waals surface area (Å²) in [4.78, 5) is 21.9. The average molecular weight is 415 g/mol. The zero-order valence-electron chi connectivity index (χ0n) is 16.9. The molecule has 0 radical (unpaired) electrons. The Morgan fingerprint density at radius 1 is 1.19 bits per heavy atom. The maximum absolute atomic E-state index is 12.9. The number of nitrogen functional groups attached to an aromatic ring is 1. The number of rotatable bonds is 5. The Hall–Kier alpha value is -3.78. The summed E-state index contributed by atoms with van der Waals surface area (Å²) >= 11 is 0. The largest absolute Gasteiger partial charge is 0.496 e. The van der Waals surface area contributed by atoms with Crippen molar-refractivity contribution in [2.75, 3.05) is 12.8 Å². The summed E-state index contributed by atoms with van der Waals surface area (Å²) in [6.07, 6.45) is 2.35. The molecule has 0 unspecified atom stereocenters. The number of aliphatic hydroxyl groups excluding tert-OH is 1. The lowest BCUT2D eigenvalue weighted by Gasteiger charge is -2.29. The number of carbonyl (C=O) groups is 1. The monoisotopic (exact) mass is 415 g/mol. The summed E-state index contributed by atoms with van der Waals surface area (Å²) in [7, 11) is 1.53. The van der Waals surface area contributed by atoms with Gasteiger partial charge >= 0.3 is 0 Å². The van der Waals surface area contributed by atoms with Gasteiger partial charge in [-0.05, 0) is 25.0 Å². The van der Waals surface area contributed by atoms with Gasteiger partial charge in [0.1, 0.15) is 29.1 Å². The van der Waals surface area contributed by atoms with Gasteiger partial charge in [-0.1, -0.05) is 36.4 Å². The number of ketones is 1. The quantitative estimate of drug-likeness (QED) is 0.482. The van der Waals surface area contributed by atoms with Crippen molar-refractivity contribution in [2.45, 2.75) is 24.9 Å². The van der Waals surface area contributed by atoms with Crippen LogP contribution in [0.25, 0.3) is 16.8 Å². The second-order valence-electron chi connectivity index (χ2n) is 7.66. The van der Waals surface area contributed by atoms with Gasteiger partial charge in [0, 0.05) is 17.0 Å². The summed E-state index contributed by atoms with van der Waals surface area (Å²) < 4.78 is 7.24. The summed E-state index contributed by atoms with van der Waals surface area (Å²) in [5.41, 5.74) is 9.18. The van der Waals surface area contributed by atoms with Crippen LogP contribution in [0.2, 0.25) is 0 Å². The molecule has 31 heavy (non-hydrogen) atoms. The zero-order chi connectivity index (χ0) is 21.5. The van der Waals surface area contributed by atoms with E-state index in [2.05, 4.69) is 10.1 Å². The molecule has 1 saturated carbocycles. The molecule has 0 bridgehead atoms. The molecule has 1 fully saturated rings. The summed E-state index contributed by atoms with van der Waals surface area (Å²) in [6, 6.07) is 14.4. The molecule has 0 spiro atoms. The van der Waals surface area contributed by atoms with Crippen LogP contribution in [0, 0.1) is 0 Å². The summed E-state index contributed by atoms with van der Waals surface area (Å²) in [5, 5.41) is 14.1. The van der Waals surface area contributed by atoms with Crippen molar-refractivity contribution in [1.29, 1.82) is 0 Å². The highest BCUT2D eigenvalue weighted by atomic mass is 16.5. The van der Waals surface area contributed by atoms with Gasteiger partial charge in [0.25, 0.3) is 0 Å². The predicted molar refractivity (Wildman–Crippen MR) is 115 cm³/mol. The minimum absolute atomic E-state index is 0.103. The summed E-state index contributed by atoms with van der Waals surface area (Å²) in [6.45, 7) is 0. The van der Waals surface area contributed by atoms with Crippen LogP contribution >= 0.6 is 0 Å². The van der Waals surface area contributed by atoms with Crippen molar-refractivity contribution in [3.05, 3.63) is 71.8 Å². The average Bonchev–Trinajstić information content (AvgIpc) is 3.17. The Morgan fingerprint density at radius 2 is 1.97 bits per heavy atom. The molecular formula is C23H21N5O3. The van der Waals surface area contributed by atoms with E-state index in [-0.39, 0.29) is 17.8 Å². The van der Waals surface area contributed by atoms with Gasteiger partial charge in [-0.2, -0.15) is 5.10 Å². The van der Waals surface area contributed by atoms with Crippen LogP contribution in [0.5, 0.6) is 5.75 Å². The molecule has 3 N–H and O–H groups in total. The Kier molecular flexibility index (Phi) is 4.63. The van der Waals surface area contributed by atoms with Gasteiger partial charge in [-0.25, -0.2) is 14.5 Å². The van der Waals surface area contributed by atoms with Crippen molar-refractivity contribution in [1.82, 2.24) is 19.6 Å². The molecule has 2 heterocycles. The lowest BCUT2D eigenvalue weighted by Crippen LogP contribution is -2.28. The van der Waals surface area contributed by atoms with Gasteiger partial charge in [-0.15, -0.1) is 0 Å². The van der Waals surface area contributed by atoms with Gasteiger partial charge in [0.05, 0.1) is 18.8 Å². The highest BCUT2D eigenvalue weighted by molar-refractivity contribution is 6.11. The molecule has 2 aromatic heterocycles. The number of aromatic nitrogens is 4. The Morgan fingerprint density at radius 3 is 2.68 bits per heavy atom. The van der Waals surface area contributed by atoms with Crippen molar-refractivity contribution in [3.63, 3.8) is 0 Å². The fourth-order valence-electron chi connectivity index (χ4n) is 4.01. The van der Waals surface area contributed by atoms with E-state index in [1.165, 1.54) is 13.4 Å². The van der Waals surface area contributed by atoms with Crippen LogP contribution in [0.3, 0.4) is 0 Å². The van der Waals surface area contributed by atoms with Gasteiger partial charge in [0.15, 0.2) is 11.6 Å². The molecule has 156 valence electrons. The molecular weight excluding hydrogens is 394 g/mol. The highest BCUT2D eigenvalue weighted by Crippen LogP contribution is 2.39. The summed E-state index contributed by atoms with van der Waals surface area (Å²) in [5.74, 6) is 1.49. The third kappa shape index (κ3) is 3.21. The maximum Gasteiger partial charge on any atom is 0.196 e. The molecule has 1 aliphatic rings. The first kappa shape index (κ1) is 19.2. The molecule has 4 aromatic rings. The molecule has 5 rings (SSSR count). The minimum atomic E-state index is -0.316. The lowest BCUT2D eigenvalue weighted by molar-refractivity contribution is 0.0711. The smallest absolute Gasteiger partial charge is 0.196 e. The number of nitrogens with zero attached hydrogens (tertiary/aromatic N) is 4. The highest BCUT2D eigenvalue weighted by Gasteiger charge is 2.33. The van der Waals surface area contributed by atoms with Crippen LogP contribution in [0.4, 0.5) is 5.82 Å². The molecule has 8 nitrogen and oxygen atoms in total. The first-order chi connectivity index (χ1) is 15.1. The molecule has 2 aromatic carbocycles. The van der Waals surface area contributed by atoms with E-state index < -0.39 is 0 Å². The fourth-order valence-corrected chi connectivity index (χ4v) is 4.01. The van der Waals surface area contributed by atoms with Crippen LogP contribution < -0.4 is 10.5 Å². The number of nitrogens with two attached hydrogens (primary N) is 1. The molecule has 0 atom stereocenters. The van der Waals surface area contributed by atoms with E-state index in [0.29, 0.717) is 46.7 Å². The standard InChI is InChI=1S/C23H21N5O3/c1-31-18-11-14(7-8-17(18)21(30)13-5-3-2-4-6-13)19-20-22(24)25-12-26-28(20)23(27-19)15-9-16(29)10-15/h2-8,11-12,15-16,29H,9-10H2,1H3,(H2,24,25,26)/t15-,16+. The maximum atomic E-state index is 12.9.